The van der Waals surface area contributed by atoms with Crippen molar-refractivity contribution in [1.82, 2.24) is 4.90 Å². The summed E-state index contributed by atoms with van der Waals surface area (Å²) in [6.07, 6.45) is 0.713. The van der Waals surface area contributed by atoms with Crippen LogP contribution in [0.3, 0.4) is 0 Å². The molecule has 0 aliphatic carbocycles. The number of halogens is 1. The van der Waals surface area contributed by atoms with Crippen molar-refractivity contribution < 1.29 is 5.11 Å². The largest absolute Gasteiger partial charge is 0.393 e. The summed E-state index contributed by atoms with van der Waals surface area (Å²) in [4.78, 5) is 2.06. The highest BCUT2D eigenvalue weighted by molar-refractivity contribution is 5.85. The second-order valence-electron chi connectivity index (χ2n) is 2.44. The van der Waals surface area contributed by atoms with E-state index in [4.69, 9.17) is 5.11 Å². The molecular formula is C6H16ClNO. The maximum Gasteiger partial charge on any atom is 0.0524 e. The molecule has 0 aromatic heterocycles. The first-order valence-electron chi connectivity index (χ1n) is 2.95. The molecule has 0 heterocycles. The van der Waals surface area contributed by atoms with Crippen molar-refractivity contribution in [2.75, 3.05) is 20.6 Å². The van der Waals surface area contributed by atoms with Gasteiger partial charge in [0.1, 0.15) is 0 Å². The zero-order chi connectivity index (χ0) is 6.57. The van der Waals surface area contributed by atoms with Gasteiger partial charge in [0.25, 0.3) is 0 Å². The van der Waals surface area contributed by atoms with E-state index in [-0.39, 0.29) is 18.5 Å². The highest BCUT2D eigenvalue weighted by Crippen LogP contribution is 1.88. The molecule has 0 aliphatic rings. The van der Waals surface area contributed by atoms with Gasteiger partial charge in [-0.05, 0) is 34.0 Å². The molecule has 0 aliphatic heterocycles. The maximum absolute atomic E-state index is 8.77. The number of aliphatic hydroxyl groups excluding tert-OH is 1. The summed E-state index contributed by atoms with van der Waals surface area (Å²) in [5.41, 5.74) is 0. The minimum Gasteiger partial charge on any atom is -0.393 e. The topological polar surface area (TPSA) is 23.5 Å². The summed E-state index contributed by atoms with van der Waals surface area (Å²) in [6.45, 7) is 2.78. The average Bonchev–Trinajstić information content (AvgIpc) is 1.61. The summed E-state index contributed by atoms with van der Waals surface area (Å²) < 4.78 is 0. The van der Waals surface area contributed by atoms with Crippen molar-refractivity contribution in [1.29, 1.82) is 0 Å². The second-order valence-corrected chi connectivity index (χ2v) is 2.44. The van der Waals surface area contributed by atoms with E-state index in [0.717, 1.165) is 13.0 Å². The lowest BCUT2D eigenvalue weighted by atomic mass is 10.3. The van der Waals surface area contributed by atoms with E-state index in [1.807, 2.05) is 21.0 Å². The normalized spacial score (nSPS) is 13.0. The van der Waals surface area contributed by atoms with Crippen LogP contribution in [0.15, 0.2) is 0 Å². The Bertz CT molecular complexity index is 49.0. The number of nitrogens with zero attached hydrogens (tertiary/aromatic N) is 1. The van der Waals surface area contributed by atoms with Gasteiger partial charge < -0.3 is 10.0 Å². The SMILES string of the molecule is C[C@@H](O)CCN(C)C.Cl. The van der Waals surface area contributed by atoms with Crippen LogP contribution in [0.5, 0.6) is 0 Å². The van der Waals surface area contributed by atoms with Gasteiger partial charge in [-0.2, -0.15) is 0 Å². The van der Waals surface area contributed by atoms with Crippen molar-refractivity contribution in [3.05, 3.63) is 0 Å². The lowest BCUT2D eigenvalue weighted by Gasteiger charge is -2.09. The quantitative estimate of drug-likeness (QED) is 0.647. The van der Waals surface area contributed by atoms with Gasteiger partial charge in [-0.1, -0.05) is 0 Å². The Balaban J connectivity index is 0. The first kappa shape index (κ1) is 11.9. The van der Waals surface area contributed by atoms with Gasteiger partial charge in [-0.3, -0.25) is 0 Å². The number of hydrogen-bond acceptors (Lipinski definition) is 2. The van der Waals surface area contributed by atoms with E-state index < -0.39 is 0 Å². The number of rotatable bonds is 3. The van der Waals surface area contributed by atoms with Crippen LogP contribution in [0.4, 0.5) is 0 Å². The zero-order valence-electron chi connectivity index (χ0n) is 6.29. The van der Waals surface area contributed by atoms with Crippen LogP contribution in [0.25, 0.3) is 0 Å². The lowest BCUT2D eigenvalue weighted by Crippen LogP contribution is -2.17. The van der Waals surface area contributed by atoms with E-state index in [1.54, 1.807) is 0 Å². The fraction of sp³-hybridized carbons (Fsp3) is 1.00. The Morgan fingerprint density at radius 3 is 2.00 bits per heavy atom. The predicted molar refractivity (Wildman–Crippen MR) is 42.1 cm³/mol. The standard InChI is InChI=1S/C6H15NO.ClH/c1-6(8)4-5-7(2)3;/h6,8H,4-5H2,1-3H3;1H/t6-;/m1./s1. The number of aliphatic hydroxyl groups is 1. The molecule has 1 atom stereocenters. The van der Waals surface area contributed by atoms with E-state index in [9.17, 15) is 0 Å². The van der Waals surface area contributed by atoms with E-state index in [1.165, 1.54) is 0 Å². The molecule has 0 aromatic rings. The molecule has 0 rings (SSSR count). The van der Waals surface area contributed by atoms with E-state index in [0.29, 0.717) is 0 Å². The predicted octanol–water partition coefficient (Wildman–Crippen LogP) is 0.741. The molecule has 0 radical (unpaired) electrons. The van der Waals surface area contributed by atoms with Gasteiger partial charge in [0.15, 0.2) is 0 Å². The van der Waals surface area contributed by atoms with Crippen molar-refractivity contribution in [2.24, 2.45) is 0 Å². The van der Waals surface area contributed by atoms with Crippen LogP contribution in [0.2, 0.25) is 0 Å². The fourth-order valence-corrected chi connectivity index (χ4v) is 0.445. The number of hydrogen-bond donors (Lipinski definition) is 1. The molecule has 0 bridgehead atoms. The molecule has 58 valence electrons. The Kier molecular flexibility index (Phi) is 8.40. The molecule has 2 nitrogen and oxygen atoms in total. The third-order valence-electron chi connectivity index (χ3n) is 0.994. The Morgan fingerprint density at radius 2 is 1.89 bits per heavy atom. The minimum absolute atomic E-state index is 0. The molecule has 0 aromatic carbocycles. The first-order chi connectivity index (χ1) is 3.63. The highest BCUT2D eigenvalue weighted by atomic mass is 35.5. The fourth-order valence-electron chi connectivity index (χ4n) is 0.445. The Morgan fingerprint density at radius 1 is 1.44 bits per heavy atom. The summed E-state index contributed by atoms with van der Waals surface area (Å²) in [7, 11) is 4.00. The van der Waals surface area contributed by atoms with Gasteiger partial charge in [0.05, 0.1) is 6.10 Å². The third-order valence-corrected chi connectivity index (χ3v) is 0.994. The first-order valence-corrected chi connectivity index (χ1v) is 2.95. The monoisotopic (exact) mass is 153 g/mol. The third kappa shape index (κ3) is 11.7. The van der Waals surface area contributed by atoms with Gasteiger partial charge >= 0.3 is 0 Å². The van der Waals surface area contributed by atoms with Gasteiger partial charge in [0, 0.05) is 0 Å². The van der Waals surface area contributed by atoms with Crippen LogP contribution in [-0.2, 0) is 0 Å². The lowest BCUT2D eigenvalue weighted by molar-refractivity contribution is 0.170. The molecule has 0 saturated carbocycles. The van der Waals surface area contributed by atoms with Crippen LogP contribution in [0.1, 0.15) is 13.3 Å². The zero-order valence-corrected chi connectivity index (χ0v) is 7.11. The van der Waals surface area contributed by atoms with Crippen LogP contribution >= 0.6 is 12.4 Å². The van der Waals surface area contributed by atoms with Crippen LogP contribution in [-0.4, -0.2) is 36.8 Å². The van der Waals surface area contributed by atoms with E-state index in [2.05, 4.69) is 4.90 Å². The van der Waals surface area contributed by atoms with Crippen molar-refractivity contribution in [2.45, 2.75) is 19.4 Å². The molecule has 0 amide bonds. The Hall–Kier alpha value is 0.210. The molecule has 0 spiro atoms. The Labute approximate surface area is 63.3 Å². The summed E-state index contributed by atoms with van der Waals surface area (Å²) in [5, 5.41) is 8.77. The molecule has 9 heavy (non-hydrogen) atoms. The molecule has 1 N–H and O–H groups in total. The molecule has 0 saturated heterocycles. The summed E-state index contributed by atoms with van der Waals surface area (Å²) >= 11 is 0. The van der Waals surface area contributed by atoms with Crippen molar-refractivity contribution in [3.63, 3.8) is 0 Å². The second kappa shape index (κ2) is 6.33. The summed E-state index contributed by atoms with van der Waals surface area (Å²) in [5.74, 6) is 0. The van der Waals surface area contributed by atoms with E-state index >= 15 is 0 Å². The minimum atomic E-state index is -0.155. The molecular weight excluding hydrogens is 138 g/mol. The molecule has 0 fully saturated rings. The smallest absolute Gasteiger partial charge is 0.0524 e. The van der Waals surface area contributed by atoms with Crippen LogP contribution in [0, 0.1) is 0 Å². The van der Waals surface area contributed by atoms with Gasteiger partial charge in [-0.15, -0.1) is 12.4 Å². The molecule has 3 heteroatoms. The summed E-state index contributed by atoms with van der Waals surface area (Å²) in [6, 6.07) is 0. The van der Waals surface area contributed by atoms with Crippen molar-refractivity contribution >= 4 is 12.4 Å². The highest BCUT2D eigenvalue weighted by Gasteiger charge is 1.94. The maximum atomic E-state index is 8.77. The van der Waals surface area contributed by atoms with Gasteiger partial charge in [0.2, 0.25) is 0 Å². The van der Waals surface area contributed by atoms with Gasteiger partial charge in [-0.25, -0.2) is 0 Å². The van der Waals surface area contributed by atoms with Crippen molar-refractivity contribution in [3.8, 4) is 0 Å². The average molecular weight is 154 g/mol. The van der Waals surface area contributed by atoms with Crippen LogP contribution < -0.4 is 0 Å². The molecule has 0 unspecified atom stereocenters.